The Kier molecular flexibility index (Phi) is 2.64. The van der Waals surface area contributed by atoms with Crippen molar-refractivity contribution in [3.8, 4) is 6.07 Å². The second kappa shape index (κ2) is 3.74. The molecule has 4 nitrogen and oxygen atoms in total. The summed E-state index contributed by atoms with van der Waals surface area (Å²) in [6, 6.07) is 2.04. The lowest BCUT2D eigenvalue weighted by Gasteiger charge is -1.91. The number of nitrogens with one attached hydrogen (secondary N) is 1. The number of hydrogen-bond donors (Lipinski definition) is 1. The smallest absolute Gasteiger partial charge is 0.111 e. The highest BCUT2D eigenvalue weighted by Crippen LogP contribution is 1.94. The quantitative estimate of drug-likeness (QED) is 0.666. The summed E-state index contributed by atoms with van der Waals surface area (Å²) in [5, 5.41) is 11.3. The fourth-order valence-corrected chi connectivity index (χ4v) is 0.847. The van der Waals surface area contributed by atoms with Gasteiger partial charge in [0.05, 0.1) is 18.1 Å². The molecule has 0 fully saturated rings. The molecule has 0 bridgehead atoms. The van der Waals surface area contributed by atoms with Gasteiger partial charge in [-0.25, -0.2) is 4.98 Å². The minimum Gasteiger partial charge on any atom is -0.323 e. The Balaban J connectivity index is 2.60. The number of hydrogen-bond acceptors (Lipinski definition) is 3. The molecule has 1 heterocycles. The van der Waals surface area contributed by atoms with Crippen molar-refractivity contribution in [2.45, 2.75) is 13.1 Å². The molecule has 0 saturated heterocycles. The second-order valence-corrected chi connectivity index (χ2v) is 2.23. The van der Waals surface area contributed by atoms with E-state index in [1.54, 1.807) is 10.9 Å². The van der Waals surface area contributed by atoms with Crippen LogP contribution in [0.25, 0.3) is 0 Å². The number of nitrogens with zero attached hydrogens (tertiary/aromatic N) is 3. The fourth-order valence-electron chi connectivity index (χ4n) is 0.847. The highest BCUT2D eigenvalue weighted by molar-refractivity contribution is 4.97. The van der Waals surface area contributed by atoms with E-state index in [1.807, 2.05) is 19.3 Å². The van der Waals surface area contributed by atoms with Crippen molar-refractivity contribution in [3.05, 3.63) is 18.2 Å². The third kappa shape index (κ3) is 2.06. The molecular weight excluding hydrogens is 140 g/mol. The van der Waals surface area contributed by atoms with Crippen LogP contribution in [0, 0.1) is 11.3 Å². The van der Waals surface area contributed by atoms with Crippen LogP contribution in [-0.4, -0.2) is 16.6 Å². The van der Waals surface area contributed by atoms with Crippen LogP contribution in [-0.2, 0) is 13.1 Å². The lowest BCUT2D eigenvalue weighted by molar-refractivity contribution is 0.791. The number of rotatable bonds is 3. The molecule has 0 amide bonds. The van der Waals surface area contributed by atoms with E-state index < -0.39 is 0 Å². The molecule has 1 N–H and O–H groups in total. The summed E-state index contributed by atoms with van der Waals surface area (Å²) in [4.78, 5) is 4.07. The molecule has 0 aliphatic carbocycles. The maximum absolute atomic E-state index is 8.34. The Morgan fingerprint density at radius 3 is 3.27 bits per heavy atom. The van der Waals surface area contributed by atoms with Crippen molar-refractivity contribution in [1.82, 2.24) is 14.9 Å². The van der Waals surface area contributed by atoms with Crippen molar-refractivity contribution in [2.24, 2.45) is 0 Å². The maximum atomic E-state index is 8.34. The monoisotopic (exact) mass is 150 g/mol. The topological polar surface area (TPSA) is 53.6 Å². The van der Waals surface area contributed by atoms with Crippen LogP contribution >= 0.6 is 0 Å². The average Bonchev–Trinajstić information content (AvgIpc) is 2.38. The predicted molar refractivity (Wildman–Crippen MR) is 40.6 cm³/mol. The summed E-state index contributed by atoms with van der Waals surface area (Å²) in [5.74, 6) is 0. The maximum Gasteiger partial charge on any atom is 0.111 e. The van der Waals surface area contributed by atoms with E-state index in [9.17, 15) is 0 Å². The largest absolute Gasteiger partial charge is 0.323 e. The van der Waals surface area contributed by atoms with E-state index >= 15 is 0 Å². The van der Waals surface area contributed by atoms with Gasteiger partial charge in [-0.1, -0.05) is 0 Å². The Morgan fingerprint density at radius 1 is 1.82 bits per heavy atom. The van der Waals surface area contributed by atoms with Gasteiger partial charge >= 0.3 is 0 Å². The lowest BCUT2D eigenvalue weighted by Crippen LogP contribution is -2.04. The van der Waals surface area contributed by atoms with Crippen LogP contribution in [0.2, 0.25) is 0 Å². The molecule has 1 aromatic rings. The molecule has 0 unspecified atom stereocenters. The first-order valence-corrected chi connectivity index (χ1v) is 3.39. The summed E-state index contributed by atoms with van der Waals surface area (Å²) in [5.41, 5.74) is 0.961. The first kappa shape index (κ1) is 7.76. The first-order valence-electron chi connectivity index (χ1n) is 3.39. The molecule has 0 spiro atoms. The summed E-state index contributed by atoms with van der Waals surface area (Å²) in [7, 11) is 1.86. The first-order chi connectivity index (χ1) is 5.36. The zero-order chi connectivity index (χ0) is 8.10. The Hall–Kier alpha value is -1.34. The van der Waals surface area contributed by atoms with Crippen molar-refractivity contribution < 1.29 is 0 Å². The fraction of sp³-hybridized carbons (Fsp3) is 0.429. The number of imidazole rings is 1. The molecule has 0 radical (unpaired) electrons. The van der Waals surface area contributed by atoms with Gasteiger partial charge in [-0.05, 0) is 7.05 Å². The lowest BCUT2D eigenvalue weighted by atomic mass is 10.5. The van der Waals surface area contributed by atoms with Gasteiger partial charge < -0.3 is 9.88 Å². The third-order valence-corrected chi connectivity index (χ3v) is 1.30. The van der Waals surface area contributed by atoms with E-state index in [0.717, 1.165) is 12.2 Å². The van der Waals surface area contributed by atoms with E-state index in [4.69, 9.17) is 5.26 Å². The average molecular weight is 150 g/mol. The number of aromatic nitrogens is 2. The van der Waals surface area contributed by atoms with Gasteiger partial charge in [-0.2, -0.15) is 5.26 Å². The molecule has 0 saturated carbocycles. The van der Waals surface area contributed by atoms with Crippen molar-refractivity contribution in [1.29, 1.82) is 5.26 Å². The minimum atomic E-state index is 0.372. The van der Waals surface area contributed by atoms with E-state index in [1.165, 1.54) is 0 Å². The minimum absolute atomic E-state index is 0.372. The summed E-state index contributed by atoms with van der Waals surface area (Å²) >= 11 is 0. The van der Waals surface area contributed by atoms with Crippen LogP contribution < -0.4 is 5.32 Å². The number of nitriles is 1. The van der Waals surface area contributed by atoms with Gasteiger partial charge in [0.15, 0.2) is 0 Å². The zero-order valence-electron chi connectivity index (χ0n) is 6.41. The molecule has 1 aromatic heterocycles. The molecule has 0 aliphatic heterocycles. The molecule has 0 atom stereocenters. The molecule has 0 aliphatic rings. The summed E-state index contributed by atoms with van der Waals surface area (Å²) in [6.45, 7) is 1.12. The Morgan fingerprint density at radius 2 is 2.64 bits per heavy atom. The van der Waals surface area contributed by atoms with Crippen LogP contribution in [0.5, 0.6) is 0 Å². The zero-order valence-corrected chi connectivity index (χ0v) is 6.41. The molecule has 4 heteroatoms. The highest BCUT2D eigenvalue weighted by Gasteiger charge is 1.94. The molecule has 0 aromatic carbocycles. The van der Waals surface area contributed by atoms with E-state index in [2.05, 4.69) is 10.3 Å². The second-order valence-electron chi connectivity index (χ2n) is 2.23. The van der Waals surface area contributed by atoms with Gasteiger partial charge in [-0.3, -0.25) is 0 Å². The van der Waals surface area contributed by atoms with Crippen LogP contribution in [0.3, 0.4) is 0 Å². The Bertz CT molecular complexity index is 258. The SMILES string of the molecule is CNCc1cn(CC#N)cn1. The standard InChI is InChI=1S/C7H10N4/c1-9-4-7-5-11(3-2-8)6-10-7/h5-6,9H,3-4H2,1H3. The predicted octanol–water partition coefficient (Wildman–Crippen LogP) is 0.126. The van der Waals surface area contributed by atoms with Gasteiger partial charge in [0.25, 0.3) is 0 Å². The molecule has 58 valence electrons. The third-order valence-electron chi connectivity index (χ3n) is 1.30. The van der Waals surface area contributed by atoms with Crippen LogP contribution in [0.15, 0.2) is 12.5 Å². The normalized spacial score (nSPS) is 9.45. The highest BCUT2D eigenvalue weighted by atomic mass is 15.0. The molecular formula is C7H10N4. The van der Waals surface area contributed by atoms with Crippen molar-refractivity contribution in [2.75, 3.05) is 7.05 Å². The van der Waals surface area contributed by atoms with E-state index in [0.29, 0.717) is 6.54 Å². The van der Waals surface area contributed by atoms with Crippen LogP contribution in [0.1, 0.15) is 5.69 Å². The Labute approximate surface area is 65.5 Å². The van der Waals surface area contributed by atoms with Gasteiger partial charge in [0.1, 0.15) is 6.54 Å². The van der Waals surface area contributed by atoms with Crippen molar-refractivity contribution >= 4 is 0 Å². The van der Waals surface area contributed by atoms with Gasteiger partial charge in [0, 0.05) is 12.7 Å². The molecule has 1 rings (SSSR count). The van der Waals surface area contributed by atoms with E-state index in [-0.39, 0.29) is 0 Å². The van der Waals surface area contributed by atoms with Gasteiger partial charge in [0.2, 0.25) is 0 Å². The van der Waals surface area contributed by atoms with Gasteiger partial charge in [-0.15, -0.1) is 0 Å². The summed E-state index contributed by atoms with van der Waals surface area (Å²) in [6.07, 6.45) is 3.52. The molecule has 11 heavy (non-hydrogen) atoms. The van der Waals surface area contributed by atoms with Crippen molar-refractivity contribution in [3.63, 3.8) is 0 Å². The summed E-state index contributed by atoms with van der Waals surface area (Å²) < 4.78 is 1.76. The van der Waals surface area contributed by atoms with Crippen LogP contribution in [0.4, 0.5) is 0 Å².